The quantitative estimate of drug-likeness (QED) is 0.414. The minimum Gasteiger partial charge on any atom is -0.433 e. The van der Waals surface area contributed by atoms with Gasteiger partial charge in [-0.2, -0.15) is 4.98 Å². The van der Waals surface area contributed by atoms with Gasteiger partial charge in [0.15, 0.2) is 0 Å². The van der Waals surface area contributed by atoms with Gasteiger partial charge in [0.1, 0.15) is 12.1 Å². The van der Waals surface area contributed by atoms with Crippen molar-refractivity contribution in [2.24, 2.45) is 0 Å². The number of benzene rings is 2. The van der Waals surface area contributed by atoms with E-state index in [2.05, 4.69) is 20.3 Å². The van der Waals surface area contributed by atoms with Gasteiger partial charge in [0.05, 0.1) is 4.92 Å². The molecule has 8 heteroatoms. The van der Waals surface area contributed by atoms with Crippen molar-refractivity contribution in [1.82, 2.24) is 15.0 Å². The second kappa shape index (κ2) is 7.04. The van der Waals surface area contributed by atoms with Crippen molar-refractivity contribution in [2.75, 3.05) is 5.32 Å². The van der Waals surface area contributed by atoms with E-state index in [0.29, 0.717) is 11.4 Å². The average Bonchev–Trinajstić information content (AvgIpc) is 2.69. The Labute approximate surface area is 153 Å². The number of hydrogen-bond acceptors (Lipinski definition) is 7. The summed E-state index contributed by atoms with van der Waals surface area (Å²) >= 11 is 0. The van der Waals surface area contributed by atoms with Gasteiger partial charge in [-0.25, -0.2) is 4.98 Å². The van der Waals surface area contributed by atoms with E-state index < -0.39 is 4.92 Å². The molecule has 2 aromatic heterocycles. The predicted molar refractivity (Wildman–Crippen MR) is 100 cm³/mol. The number of pyridine rings is 1. The molecular weight excluding hydrogens is 346 g/mol. The number of ether oxygens (including phenoxy) is 1. The van der Waals surface area contributed by atoms with Crippen LogP contribution in [0.2, 0.25) is 0 Å². The van der Waals surface area contributed by atoms with E-state index in [9.17, 15) is 10.1 Å². The molecule has 4 rings (SSSR count). The number of nitrogens with one attached hydrogen (secondary N) is 1. The van der Waals surface area contributed by atoms with Crippen molar-refractivity contribution in [3.63, 3.8) is 0 Å². The molecule has 0 aliphatic heterocycles. The second-order valence-electron chi connectivity index (χ2n) is 5.57. The average molecular weight is 359 g/mol. The highest BCUT2D eigenvalue weighted by molar-refractivity contribution is 5.88. The molecule has 0 bridgehead atoms. The Morgan fingerprint density at radius 1 is 0.963 bits per heavy atom. The molecule has 0 saturated carbocycles. The topological polar surface area (TPSA) is 103 Å². The fourth-order valence-electron chi connectivity index (χ4n) is 2.65. The van der Waals surface area contributed by atoms with Crippen molar-refractivity contribution >= 4 is 28.0 Å². The Morgan fingerprint density at radius 2 is 1.74 bits per heavy atom. The fourth-order valence-corrected chi connectivity index (χ4v) is 2.65. The van der Waals surface area contributed by atoms with E-state index in [0.717, 1.165) is 10.8 Å². The third-order valence-corrected chi connectivity index (χ3v) is 3.87. The van der Waals surface area contributed by atoms with Gasteiger partial charge in [0.25, 0.3) is 0 Å². The molecule has 4 aromatic rings. The van der Waals surface area contributed by atoms with Gasteiger partial charge in [-0.1, -0.05) is 36.4 Å². The lowest BCUT2D eigenvalue weighted by Gasteiger charge is -2.10. The number of rotatable bonds is 5. The Kier molecular flexibility index (Phi) is 4.28. The number of anilines is 2. The SMILES string of the molecule is O=[N+]([O-])c1c(Nc2ccncc2)ncnc1Oc1cccc2ccccc12. The van der Waals surface area contributed by atoms with Crippen LogP contribution in [-0.4, -0.2) is 19.9 Å². The van der Waals surface area contributed by atoms with E-state index in [-0.39, 0.29) is 17.4 Å². The number of fused-ring (bicyclic) bond motifs is 1. The van der Waals surface area contributed by atoms with Gasteiger partial charge >= 0.3 is 11.6 Å². The number of hydrogen-bond donors (Lipinski definition) is 1. The summed E-state index contributed by atoms with van der Waals surface area (Å²) in [5, 5.41) is 16.4. The van der Waals surface area contributed by atoms with E-state index in [1.165, 1.54) is 6.33 Å². The lowest BCUT2D eigenvalue weighted by atomic mass is 10.1. The smallest absolute Gasteiger partial charge is 0.373 e. The summed E-state index contributed by atoms with van der Waals surface area (Å²) in [6.07, 6.45) is 4.36. The number of aromatic nitrogens is 3. The molecule has 0 unspecified atom stereocenters. The van der Waals surface area contributed by atoms with Crippen molar-refractivity contribution in [3.8, 4) is 11.6 Å². The third kappa shape index (κ3) is 3.36. The molecule has 0 aliphatic rings. The summed E-state index contributed by atoms with van der Waals surface area (Å²) in [6, 6.07) is 16.5. The summed E-state index contributed by atoms with van der Waals surface area (Å²) in [5.41, 5.74) is 0.269. The largest absolute Gasteiger partial charge is 0.433 e. The van der Waals surface area contributed by atoms with E-state index >= 15 is 0 Å². The highest BCUT2D eigenvalue weighted by atomic mass is 16.6. The summed E-state index contributed by atoms with van der Waals surface area (Å²) in [5.74, 6) is 0.379. The Hall–Kier alpha value is -4.07. The van der Waals surface area contributed by atoms with Crippen LogP contribution in [0.25, 0.3) is 10.8 Å². The van der Waals surface area contributed by atoms with Gasteiger partial charge in [-0.3, -0.25) is 15.1 Å². The first-order chi connectivity index (χ1) is 13.2. The molecule has 2 heterocycles. The van der Waals surface area contributed by atoms with Crippen LogP contribution in [0.15, 0.2) is 73.3 Å². The lowest BCUT2D eigenvalue weighted by molar-refractivity contribution is -0.385. The highest BCUT2D eigenvalue weighted by Crippen LogP contribution is 2.37. The Bertz CT molecular complexity index is 1110. The Balaban J connectivity index is 1.76. The molecule has 0 aliphatic carbocycles. The van der Waals surface area contributed by atoms with Crippen LogP contribution in [0.4, 0.5) is 17.2 Å². The standard InChI is InChI=1S/C19H13N5O3/c25-24(26)17-18(23-14-8-10-20-11-9-14)21-12-22-19(17)27-16-7-3-5-13-4-1-2-6-15(13)16/h1-12H,(H,20,21,22,23). The van der Waals surface area contributed by atoms with Crippen LogP contribution in [0.1, 0.15) is 0 Å². The normalized spacial score (nSPS) is 10.5. The monoisotopic (exact) mass is 359 g/mol. The molecule has 0 radical (unpaired) electrons. The molecule has 0 amide bonds. The Morgan fingerprint density at radius 3 is 2.56 bits per heavy atom. The second-order valence-corrected chi connectivity index (χ2v) is 5.57. The van der Waals surface area contributed by atoms with Gasteiger partial charge in [-0.15, -0.1) is 0 Å². The maximum absolute atomic E-state index is 11.7. The third-order valence-electron chi connectivity index (χ3n) is 3.87. The highest BCUT2D eigenvalue weighted by Gasteiger charge is 2.25. The summed E-state index contributed by atoms with van der Waals surface area (Å²) < 4.78 is 5.82. The van der Waals surface area contributed by atoms with Crippen molar-refractivity contribution in [2.45, 2.75) is 0 Å². The van der Waals surface area contributed by atoms with Gasteiger partial charge < -0.3 is 10.1 Å². The van der Waals surface area contributed by atoms with E-state index in [1.807, 2.05) is 36.4 Å². The van der Waals surface area contributed by atoms with Gasteiger partial charge in [-0.05, 0) is 23.6 Å². The van der Waals surface area contributed by atoms with Crippen molar-refractivity contribution in [3.05, 3.63) is 83.4 Å². The van der Waals surface area contributed by atoms with Crippen LogP contribution in [-0.2, 0) is 0 Å². The molecule has 2 aromatic carbocycles. The van der Waals surface area contributed by atoms with Crippen molar-refractivity contribution < 1.29 is 9.66 Å². The number of nitro groups is 1. The van der Waals surface area contributed by atoms with Crippen LogP contribution >= 0.6 is 0 Å². The van der Waals surface area contributed by atoms with Gasteiger partial charge in [0.2, 0.25) is 5.82 Å². The van der Waals surface area contributed by atoms with Crippen molar-refractivity contribution in [1.29, 1.82) is 0 Å². The number of nitrogens with zero attached hydrogens (tertiary/aromatic N) is 4. The molecule has 27 heavy (non-hydrogen) atoms. The zero-order valence-electron chi connectivity index (χ0n) is 13.9. The molecule has 1 N–H and O–H groups in total. The minimum absolute atomic E-state index is 0.0384. The zero-order chi connectivity index (χ0) is 18.6. The maximum Gasteiger partial charge on any atom is 0.373 e. The zero-order valence-corrected chi connectivity index (χ0v) is 13.9. The van der Waals surface area contributed by atoms with Crippen LogP contribution in [0.5, 0.6) is 11.6 Å². The first-order valence-electron chi connectivity index (χ1n) is 8.04. The minimum atomic E-state index is -0.565. The first kappa shape index (κ1) is 16.4. The molecule has 0 saturated heterocycles. The van der Waals surface area contributed by atoms with Crippen LogP contribution in [0, 0.1) is 10.1 Å². The van der Waals surface area contributed by atoms with E-state index in [1.54, 1.807) is 30.6 Å². The molecule has 132 valence electrons. The maximum atomic E-state index is 11.7. The van der Waals surface area contributed by atoms with Gasteiger partial charge in [0, 0.05) is 23.5 Å². The predicted octanol–water partition coefficient (Wildman–Crippen LogP) is 4.47. The molecular formula is C19H13N5O3. The van der Waals surface area contributed by atoms with Crippen LogP contribution in [0.3, 0.4) is 0 Å². The summed E-state index contributed by atoms with van der Waals surface area (Å²) in [7, 11) is 0. The van der Waals surface area contributed by atoms with E-state index in [4.69, 9.17) is 4.74 Å². The first-order valence-corrected chi connectivity index (χ1v) is 8.04. The molecule has 0 fully saturated rings. The summed E-state index contributed by atoms with van der Waals surface area (Å²) in [4.78, 5) is 23.0. The molecule has 8 nitrogen and oxygen atoms in total. The lowest BCUT2D eigenvalue weighted by Crippen LogP contribution is -2.03. The van der Waals surface area contributed by atoms with Crippen LogP contribution < -0.4 is 10.1 Å². The molecule has 0 atom stereocenters. The fraction of sp³-hybridized carbons (Fsp3) is 0. The summed E-state index contributed by atoms with van der Waals surface area (Å²) in [6.45, 7) is 0. The molecule has 0 spiro atoms.